The van der Waals surface area contributed by atoms with Crippen molar-refractivity contribution in [2.75, 3.05) is 0 Å². The largest absolute Gasteiger partial charge is 0.138 e. The Morgan fingerprint density at radius 2 is 1.00 bits per heavy atom. The van der Waals surface area contributed by atoms with Crippen LogP contribution in [-0.2, 0) is 0 Å². The summed E-state index contributed by atoms with van der Waals surface area (Å²) in [6.45, 7) is 0. The van der Waals surface area contributed by atoms with E-state index in [4.69, 9.17) is 0 Å². The second kappa shape index (κ2) is 2.88. The van der Waals surface area contributed by atoms with E-state index >= 15 is 0 Å². The van der Waals surface area contributed by atoms with Crippen LogP contribution in [0.2, 0.25) is 0 Å². The minimum Gasteiger partial charge on any atom is -0.102 e. The van der Waals surface area contributed by atoms with Crippen molar-refractivity contribution in [3.05, 3.63) is 6.07 Å². The molecule has 0 aromatic heterocycles. The molecule has 0 amide bonds. The first-order chi connectivity index (χ1) is 5.04. The molecule has 1 rings (SSSR count). The summed E-state index contributed by atoms with van der Waals surface area (Å²) in [5, 5.41) is 0. The monoisotopic (exact) mass is 138 g/mol. The summed E-state index contributed by atoms with van der Waals surface area (Å²) in [6, 6.07) is 2.26. The minimum absolute atomic E-state index is 1.41. The van der Waals surface area contributed by atoms with Crippen molar-refractivity contribution in [2.45, 2.75) is 0 Å². The Bertz CT molecular complexity index is 267. The predicted octanol–water partition coefficient (Wildman–Crippen LogP) is -7.02. The maximum absolute atomic E-state index is 2.26. The molecule has 1 aromatic carbocycles. The predicted molar refractivity (Wildman–Crippen MR) is 67.3 cm³/mol. The lowest BCUT2D eigenvalue weighted by molar-refractivity contribution is 2.05. The lowest BCUT2D eigenvalue weighted by atomic mass is 9.63. The van der Waals surface area contributed by atoms with Crippen molar-refractivity contribution in [2.24, 2.45) is 0 Å². The molecule has 0 nitrogen and oxygen atoms in total. The molecule has 0 aliphatic carbocycles. The summed E-state index contributed by atoms with van der Waals surface area (Å²) in [4.78, 5) is 0. The molecule has 50 valence electrons. The van der Waals surface area contributed by atoms with Crippen LogP contribution in [0.3, 0.4) is 0 Å². The highest BCUT2D eigenvalue weighted by Gasteiger charge is 2.01. The van der Waals surface area contributed by atoms with Crippen LogP contribution in [0.4, 0.5) is 0 Å². The first-order valence-corrected chi connectivity index (χ1v) is 4.08. The van der Waals surface area contributed by atoms with E-state index in [1.807, 2.05) is 0 Å². The zero-order chi connectivity index (χ0) is 8.59. The van der Waals surface area contributed by atoms with Gasteiger partial charge in [0.25, 0.3) is 0 Å². The van der Waals surface area contributed by atoms with Crippen LogP contribution in [-0.4, -0.2) is 39.2 Å². The molecule has 0 fully saturated rings. The van der Waals surface area contributed by atoms with E-state index in [0.717, 1.165) is 0 Å². The summed E-state index contributed by atoms with van der Waals surface area (Å²) in [7, 11) is 10.9. The summed E-state index contributed by atoms with van der Waals surface area (Å²) in [5.74, 6) is 0. The summed E-state index contributed by atoms with van der Waals surface area (Å²) < 4.78 is 0. The smallest absolute Gasteiger partial charge is 0.102 e. The summed E-state index contributed by atoms with van der Waals surface area (Å²) in [5.41, 5.74) is 7.14. The van der Waals surface area contributed by atoms with Crippen LogP contribution in [0, 0.1) is 0 Å². The van der Waals surface area contributed by atoms with Gasteiger partial charge in [-0.25, -0.2) is 0 Å². The second-order valence-corrected chi connectivity index (χ2v) is 3.39. The standard InChI is InChI=1S/C6H11B5/c7-2-1-3(8)5(10)6(11)4(2)9/h1H,7-11H2. The molecular formula is C6H11B5. The molecular weight excluding hydrogens is 126 g/mol. The van der Waals surface area contributed by atoms with Crippen LogP contribution in [0.25, 0.3) is 0 Å². The molecule has 0 aliphatic heterocycles. The fourth-order valence-electron chi connectivity index (χ4n) is 1.41. The van der Waals surface area contributed by atoms with Gasteiger partial charge < -0.3 is 0 Å². The highest BCUT2D eigenvalue weighted by molar-refractivity contribution is 6.66. The zero-order valence-corrected chi connectivity index (χ0v) is 8.08. The number of hydrogen-bond acceptors (Lipinski definition) is 0. The average molecular weight is 137 g/mol. The van der Waals surface area contributed by atoms with Crippen molar-refractivity contribution in [3.63, 3.8) is 0 Å². The fourth-order valence-corrected chi connectivity index (χ4v) is 1.41. The van der Waals surface area contributed by atoms with E-state index < -0.39 is 0 Å². The van der Waals surface area contributed by atoms with Crippen molar-refractivity contribution in [1.82, 2.24) is 0 Å². The van der Waals surface area contributed by atoms with E-state index in [9.17, 15) is 0 Å². The Labute approximate surface area is 73.2 Å². The molecule has 0 atom stereocenters. The average Bonchev–Trinajstić information content (AvgIpc) is 1.97. The molecule has 1 aromatic rings. The molecule has 0 bridgehead atoms. The maximum atomic E-state index is 2.26. The van der Waals surface area contributed by atoms with Crippen molar-refractivity contribution >= 4 is 66.5 Å². The van der Waals surface area contributed by atoms with Crippen molar-refractivity contribution in [3.8, 4) is 0 Å². The van der Waals surface area contributed by atoms with E-state index in [2.05, 4.69) is 45.3 Å². The van der Waals surface area contributed by atoms with Gasteiger partial charge in [0.15, 0.2) is 0 Å². The van der Waals surface area contributed by atoms with Crippen molar-refractivity contribution in [1.29, 1.82) is 0 Å². The van der Waals surface area contributed by atoms with Crippen LogP contribution in [0.5, 0.6) is 0 Å². The second-order valence-electron chi connectivity index (χ2n) is 3.39. The van der Waals surface area contributed by atoms with Crippen LogP contribution < -0.4 is 27.3 Å². The summed E-state index contributed by atoms with van der Waals surface area (Å²) in [6.07, 6.45) is 0. The van der Waals surface area contributed by atoms with Gasteiger partial charge in [-0.15, -0.1) is 16.4 Å². The SMILES string of the molecule is Bc1cc(B)c(B)c(B)c1B. The number of hydrogen-bond donors (Lipinski definition) is 0. The fraction of sp³-hybridized carbons (Fsp3) is 0. The van der Waals surface area contributed by atoms with Gasteiger partial charge >= 0.3 is 0 Å². The molecule has 0 radical (unpaired) electrons. The first kappa shape index (κ1) is 8.64. The van der Waals surface area contributed by atoms with Gasteiger partial charge in [0, 0.05) is 0 Å². The minimum atomic E-state index is 1.41. The highest BCUT2D eigenvalue weighted by atomic mass is 13.9. The van der Waals surface area contributed by atoms with Gasteiger partial charge in [-0.2, -0.15) is 0 Å². The third kappa shape index (κ3) is 1.42. The highest BCUT2D eigenvalue weighted by Crippen LogP contribution is 1.63. The molecule has 0 N–H and O–H groups in total. The zero-order valence-electron chi connectivity index (χ0n) is 8.08. The Kier molecular flexibility index (Phi) is 2.27. The van der Waals surface area contributed by atoms with Gasteiger partial charge in [-0.1, -0.05) is 17.0 Å². The molecule has 0 saturated carbocycles. The molecule has 0 saturated heterocycles. The maximum Gasteiger partial charge on any atom is 0.138 e. The molecule has 11 heavy (non-hydrogen) atoms. The molecule has 0 spiro atoms. The Balaban J connectivity index is 3.46. The normalized spacial score (nSPS) is 9.82. The topological polar surface area (TPSA) is 0 Å². The molecule has 0 aliphatic rings. The van der Waals surface area contributed by atoms with E-state index in [0.29, 0.717) is 0 Å². The Morgan fingerprint density at radius 3 is 1.36 bits per heavy atom. The third-order valence-corrected chi connectivity index (χ3v) is 2.74. The van der Waals surface area contributed by atoms with Gasteiger partial charge in [0.2, 0.25) is 0 Å². The summed E-state index contributed by atoms with van der Waals surface area (Å²) >= 11 is 0. The third-order valence-electron chi connectivity index (χ3n) is 2.74. The van der Waals surface area contributed by atoms with Gasteiger partial charge in [0.05, 0.1) is 0 Å². The van der Waals surface area contributed by atoms with Gasteiger partial charge in [-0.3, -0.25) is 0 Å². The quantitative estimate of drug-likeness (QED) is 0.312. The first-order valence-electron chi connectivity index (χ1n) is 4.08. The molecule has 0 unspecified atom stereocenters. The Morgan fingerprint density at radius 1 is 0.636 bits per heavy atom. The van der Waals surface area contributed by atoms with E-state index in [1.165, 1.54) is 27.3 Å². The lowest BCUT2D eigenvalue weighted by Gasteiger charge is -2.12. The van der Waals surface area contributed by atoms with Crippen LogP contribution >= 0.6 is 0 Å². The number of benzene rings is 1. The molecule has 0 heterocycles. The van der Waals surface area contributed by atoms with Crippen LogP contribution in [0.15, 0.2) is 6.07 Å². The van der Waals surface area contributed by atoms with E-state index in [1.54, 1.807) is 0 Å². The van der Waals surface area contributed by atoms with E-state index in [-0.39, 0.29) is 0 Å². The number of rotatable bonds is 0. The Hall–Kier alpha value is -0.455. The lowest BCUT2D eigenvalue weighted by Crippen LogP contribution is -2.53. The van der Waals surface area contributed by atoms with Crippen LogP contribution in [0.1, 0.15) is 0 Å². The van der Waals surface area contributed by atoms with Crippen molar-refractivity contribution < 1.29 is 0 Å². The van der Waals surface area contributed by atoms with Gasteiger partial charge in [0.1, 0.15) is 39.2 Å². The molecule has 5 heteroatoms. The van der Waals surface area contributed by atoms with Gasteiger partial charge in [-0.05, 0) is 0 Å².